The zero-order valence-corrected chi connectivity index (χ0v) is 30.3. The zero-order valence-electron chi connectivity index (χ0n) is 28.7. The molecule has 10 heteroatoms. The van der Waals surface area contributed by atoms with Crippen molar-refractivity contribution in [2.24, 2.45) is 0 Å². The van der Waals surface area contributed by atoms with E-state index in [1.807, 2.05) is 144 Å². The number of anilines is 2. The number of hydrazine groups is 2. The number of hydrogen-bond donors (Lipinski definition) is 4. The number of nitrogens with one attached hydrogen (secondary N) is 4. The minimum Gasteiger partial charge on any atom is -0.494 e. The number of Topliss-reactive ketones (excluding diaryl/α,β-unsaturated/α-hetero) is 2. The molecule has 2 atom stereocenters. The highest BCUT2D eigenvalue weighted by molar-refractivity contribution is 7.10. The Kier molecular flexibility index (Phi) is 13.6. The number of carbonyl (C=O) groups excluding carboxylic acids is 2. The Morgan fingerprint density at radius 3 is 1.27 bits per heavy atom. The van der Waals surface area contributed by atoms with Crippen molar-refractivity contribution >= 4 is 45.6 Å². The summed E-state index contributed by atoms with van der Waals surface area (Å²) in [5.74, 6) is 1.56. The van der Waals surface area contributed by atoms with Crippen LogP contribution in [0.25, 0.3) is 0 Å². The number of para-hydroxylation sites is 2. The standard InChI is InChI=1S/C42H42N4O4S2/c47-39(29-37(41-15-9-27-51-41)45-43-33-11-3-1-4-12-33)31-17-21-35(22-18-31)49-25-7-8-26-50-36-23-19-32(20-24-36)40(48)30-38(42-16-10-28-52-42)46-44-34-13-5-2-6-14-34/h1-6,9-24,27-28,37-38,43-46H,7-8,25-26,29-30H2. The van der Waals surface area contributed by atoms with Gasteiger partial charge in [-0.25, -0.2) is 10.9 Å². The zero-order chi connectivity index (χ0) is 35.8. The second-order valence-corrected chi connectivity index (χ2v) is 14.1. The van der Waals surface area contributed by atoms with Crippen molar-refractivity contribution in [2.45, 2.75) is 37.8 Å². The van der Waals surface area contributed by atoms with Gasteiger partial charge in [0, 0.05) is 45.1 Å². The third-order valence-corrected chi connectivity index (χ3v) is 10.3. The first-order chi connectivity index (χ1) is 25.6. The van der Waals surface area contributed by atoms with E-state index in [2.05, 4.69) is 21.7 Å². The molecule has 0 saturated heterocycles. The number of ether oxygens (including phenoxy) is 2. The molecule has 266 valence electrons. The van der Waals surface area contributed by atoms with E-state index in [4.69, 9.17) is 9.47 Å². The lowest BCUT2D eigenvalue weighted by Gasteiger charge is -2.18. The molecule has 4 aromatic carbocycles. The first-order valence-corrected chi connectivity index (χ1v) is 19.1. The minimum atomic E-state index is -0.161. The van der Waals surface area contributed by atoms with Crippen molar-refractivity contribution in [3.05, 3.63) is 165 Å². The molecule has 0 radical (unpaired) electrons. The average molecular weight is 731 g/mol. The molecular formula is C42H42N4O4S2. The van der Waals surface area contributed by atoms with E-state index in [0.29, 0.717) is 37.2 Å². The van der Waals surface area contributed by atoms with E-state index in [1.54, 1.807) is 22.7 Å². The van der Waals surface area contributed by atoms with E-state index in [1.165, 1.54) is 0 Å². The number of unbranched alkanes of at least 4 members (excludes halogenated alkanes) is 1. The fourth-order valence-corrected chi connectivity index (χ4v) is 7.03. The number of rotatable bonds is 21. The number of thiophene rings is 2. The van der Waals surface area contributed by atoms with E-state index >= 15 is 0 Å². The van der Waals surface area contributed by atoms with Gasteiger partial charge in [0.15, 0.2) is 11.6 Å². The predicted octanol–water partition coefficient (Wildman–Crippen LogP) is 9.91. The van der Waals surface area contributed by atoms with Crippen molar-refractivity contribution < 1.29 is 19.1 Å². The Morgan fingerprint density at radius 1 is 0.500 bits per heavy atom. The third kappa shape index (κ3) is 11.1. The molecule has 8 nitrogen and oxygen atoms in total. The fourth-order valence-electron chi connectivity index (χ4n) is 5.47. The lowest BCUT2D eigenvalue weighted by molar-refractivity contribution is 0.0962. The fraction of sp³-hybridized carbons (Fsp3) is 0.190. The molecule has 52 heavy (non-hydrogen) atoms. The highest BCUT2D eigenvalue weighted by Gasteiger charge is 2.20. The van der Waals surface area contributed by atoms with Crippen LogP contribution in [0.15, 0.2) is 144 Å². The second-order valence-electron chi connectivity index (χ2n) is 12.1. The predicted molar refractivity (Wildman–Crippen MR) is 212 cm³/mol. The van der Waals surface area contributed by atoms with Crippen LogP contribution in [0.1, 0.15) is 68.2 Å². The highest BCUT2D eigenvalue weighted by Crippen LogP contribution is 2.26. The molecule has 4 N–H and O–H groups in total. The SMILES string of the molecule is O=C(CC(NNc1ccccc1)c1cccs1)c1ccc(OCCCCOc2ccc(C(=O)CC(NNc3ccccc3)c3cccs3)cc2)cc1. The molecular weight excluding hydrogens is 689 g/mol. The highest BCUT2D eigenvalue weighted by atomic mass is 32.1. The average Bonchev–Trinajstić information content (AvgIpc) is 3.94. The summed E-state index contributed by atoms with van der Waals surface area (Å²) in [6, 6.07) is 42.1. The Labute approximate surface area is 312 Å². The molecule has 2 unspecified atom stereocenters. The summed E-state index contributed by atoms with van der Waals surface area (Å²) in [6.45, 7) is 1.08. The molecule has 0 saturated carbocycles. The van der Waals surface area contributed by atoms with Crippen molar-refractivity contribution in [3.63, 3.8) is 0 Å². The van der Waals surface area contributed by atoms with Crippen LogP contribution >= 0.6 is 22.7 Å². The van der Waals surface area contributed by atoms with Crippen molar-refractivity contribution in [1.82, 2.24) is 10.9 Å². The summed E-state index contributed by atoms with van der Waals surface area (Å²) in [5.41, 5.74) is 16.3. The van der Waals surface area contributed by atoms with Gasteiger partial charge in [0.05, 0.1) is 25.3 Å². The maximum Gasteiger partial charge on any atom is 0.164 e. The number of ketones is 2. The monoisotopic (exact) mass is 730 g/mol. The second kappa shape index (κ2) is 19.4. The van der Waals surface area contributed by atoms with Gasteiger partial charge in [-0.15, -0.1) is 22.7 Å². The Bertz CT molecular complexity index is 1780. The van der Waals surface area contributed by atoms with Gasteiger partial charge in [0.2, 0.25) is 0 Å². The van der Waals surface area contributed by atoms with Gasteiger partial charge in [-0.2, -0.15) is 0 Å². The molecule has 0 fully saturated rings. The summed E-state index contributed by atoms with van der Waals surface area (Å²) in [6.07, 6.45) is 2.27. The Morgan fingerprint density at radius 2 is 0.904 bits per heavy atom. The van der Waals surface area contributed by atoms with Gasteiger partial charge in [-0.05, 0) is 109 Å². The van der Waals surface area contributed by atoms with Crippen LogP contribution in [0, 0.1) is 0 Å². The van der Waals surface area contributed by atoms with Gasteiger partial charge in [-0.1, -0.05) is 48.5 Å². The lowest BCUT2D eigenvalue weighted by atomic mass is 10.0. The summed E-state index contributed by atoms with van der Waals surface area (Å²) >= 11 is 3.25. The summed E-state index contributed by atoms with van der Waals surface area (Å²) < 4.78 is 11.9. The Hall–Kier alpha value is -5.26. The molecule has 0 aliphatic carbocycles. The van der Waals surface area contributed by atoms with Crippen LogP contribution < -0.4 is 31.2 Å². The van der Waals surface area contributed by atoms with Crippen molar-refractivity contribution in [3.8, 4) is 11.5 Å². The largest absolute Gasteiger partial charge is 0.494 e. The number of hydrogen-bond acceptors (Lipinski definition) is 10. The lowest BCUT2D eigenvalue weighted by Crippen LogP contribution is -2.28. The van der Waals surface area contributed by atoms with Crippen LogP contribution in [-0.2, 0) is 0 Å². The van der Waals surface area contributed by atoms with Crippen LogP contribution in [0.2, 0.25) is 0 Å². The van der Waals surface area contributed by atoms with Crippen LogP contribution in [0.4, 0.5) is 11.4 Å². The third-order valence-electron chi connectivity index (χ3n) is 8.31. The molecule has 2 aromatic heterocycles. The maximum atomic E-state index is 13.2. The van der Waals surface area contributed by atoms with E-state index < -0.39 is 0 Å². The van der Waals surface area contributed by atoms with E-state index in [0.717, 1.165) is 45.5 Å². The smallest absolute Gasteiger partial charge is 0.164 e. The quantitative estimate of drug-likeness (QED) is 0.0330. The van der Waals surface area contributed by atoms with Crippen LogP contribution in [-0.4, -0.2) is 24.8 Å². The molecule has 0 bridgehead atoms. The summed E-state index contributed by atoms with van der Waals surface area (Å²) in [5, 5.41) is 4.04. The van der Waals surface area contributed by atoms with E-state index in [-0.39, 0.29) is 23.7 Å². The molecule has 0 aliphatic rings. The maximum absolute atomic E-state index is 13.2. The van der Waals surface area contributed by atoms with Gasteiger partial charge in [0.1, 0.15) is 11.5 Å². The molecule has 6 rings (SSSR count). The first kappa shape index (κ1) is 36.5. The molecule has 0 amide bonds. The molecule has 6 aromatic rings. The van der Waals surface area contributed by atoms with Crippen LogP contribution in [0.3, 0.4) is 0 Å². The molecule has 2 heterocycles. The number of benzene rings is 4. The first-order valence-electron chi connectivity index (χ1n) is 17.3. The number of carbonyl (C=O) groups is 2. The summed E-state index contributed by atoms with van der Waals surface area (Å²) in [7, 11) is 0. The van der Waals surface area contributed by atoms with Crippen molar-refractivity contribution in [1.29, 1.82) is 0 Å². The molecule has 0 aliphatic heterocycles. The van der Waals surface area contributed by atoms with E-state index in [9.17, 15) is 9.59 Å². The Balaban J connectivity index is 0.893. The molecule has 0 spiro atoms. The van der Waals surface area contributed by atoms with Gasteiger partial charge in [-0.3, -0.25) is 9.59 Å². The van der Waals surface area contributed by atoms with Crippen LogP contribution in [0.5, 0.6) is 11.5 Å². The summed E-state index contributed by atoms with van der Waals surface area (Å²) in [4.78, 5) is 28.6. The normalized spacial score (nSPS) is 12.1. The van der Waals surface area contributed by atoms with Crippen molar-refractivity contribution in [2.75, 3.05) is 24.1 Å². The van der Waals surface area contributed by atoms with Gasteiger partial charge >= 0.3 is 0 Å². The minimum absolute atomic E-state index is 0.0533. The topological polar surface area (TPSA) is 101 Å². The van der Waals surface area contributed by atoms with Gasteiger partial charge < -0.3 is 20.3 Å². The van der Waals surface area contributed by atoms with Gasteiger partial charge in [0.25, 0.3) is 0 Å².